The molecule has 2 atom stereocenters. The summed E-state index contributed by atoms with van der Waals surface area (Å²) < 4.78 is 42.2. The molecule has 1 aliphatic heterocycles. The Hall–Kier alpha value is -2.33. The fraction of sp³-hybridized carbons (Fsp3) is 0.522. The lowest BCUT2D eigenvalue weighted by Crippen LogP contribution is -2.23. The summed E-state index contributed by atoms with van der Waals surface area (Å²) in [6, 6.07) is 5.78. The molecule has 5 rings (SSSR count). The maximum Gasteiger partial charge on any atom is 0.416 e. The first-order valence-corrected chi connectivity index (χ1v) is 12.1. The van der Waals surface area contributed by atoms with Gasteiger partial charge >= 0.3 is 6.18 Å². The van der Waals surface area contributed by atoms with E-state index in [1.54, 1.807) is 34.8 Å². The summed E-state index contributed by atoms with van der Waals surface area (Å²) in [5.74, 6) is 2.17. The molecule has 0 bridgehead atoms. The minimum absolute atomic E-state index is 0.259. The zero-order valence-corrected chi connectivity index (χ0v) is 19.5. The molecule has 0 N–H and O–H groups in total. The predicted molar refractivity (Wildman–Crippen MR) is 121 cm³/mol. The number of aryl methyl sites for hydroxylation is 1. The minimum Gasteiger partial charge on any atom is -0.305 e. The number of benzene rings is 1. The quantitative estimate of drug-likeness (QED) is 0.369. The molecule has 176 valence electrons. The highest BCUT2D eigenvalue weighted by Gasteiger charge is 2.57. The van der Waals surface area contributed by atoms with Crippen molar-refractivity contribution >= 4 is 11.8 Å². The van der Waals surface area contributed by atoms with Gasteiger partial charge in [-0.3, -0.25) is 4.68 Å². The van der Waals surface area contributed by atoms with Crippen LogP contribution in [0.2, 0.25) is 0 Å². The first-order chi connectivity index (χ1) is 15.7. The lowest BCUT2D eigenvalue weighted by Gasteiger charge is -2.16. The molecule has 2 aliphatic rings. The number of rotatable bonds is 7. The van der Waals surface area contributed by atoms with Crippen LogP contribution in [0, 0.1) is 5.41 Å². The summed E-state index contributed by atoms with van der Waals surface area (Å²) >= 11 is 1.71. The molecule has 2 aromatic heterocycles. The Labute approximate surface area is 195 Å². The number of thioether (sulfide) groups is 1. The fourth-order valence-electron chi connectivity index (χ4n) is 5.03. The van der Waals surface area contributed by atoms with Gasteiger partial charge in [-0.1, -0.05) is 23.9 Å². The van der Waals surface area contributed by atoms with Crippen LogP contribution in [0.25, 0.3) is 11.4 Å². The molecule has 33 heavy (non-hydrogen) atoms. The molecular formula is C23H27F3N6S. The molecule has 1 saturated carbocycles. The molecule has 3 aromatic rings. The van der Waals surface area contributed by atoms with Crippen LogP contribution >= 0.6 is 11.8 Å². The summed E-state index contributed by atoms with van der Waals surface area (Å²) in [4.78, 5) is 2.50. The molecule has 0 radical (unpaired) electrons. The zero-order chi connectivity index (χ0) is 23.2. The van der Waals surface area contributed by atoms with Crippen molar-refractivity contribution in [3.05, 3.63) is 47.8 Å². The second-order valence-electron chi connectivity index (χ2n) is 9.23. The van der Waals surface area contributed by atoms with Crippen molar-refractivity contribution in [2.75, 3.05) is 25.4 Å². The van der Waals surface area contributed by atoms with Crippen molar-refractivity contribution in [3.8, 4) is 11.4 Å². The Morgan fingerprint density at radius 2 is 1.94 bits per heavy atom. The van der Waals surface area contributed by atoms with Crippen molar-refractivity contribution in [2.24, 2.45) is 19.5 Å². The van der Waals surface area contributed by atoms with Gasteiger partial charge in [-0.05, 0) is 61.4 Å². The molecule has 6 nitrogen and oxygen atoms in total. The van der Waals surface area contributed by atoms with E-state index in [2.05, 4.69) is 20.2 Å². The van der Waals surface area contributed by atoms with E-state index >= 15 is 0 Å². The minimum atomic E-state index is -4.27. The summed E-state index contributed by atoms with van der Waals surface area (Å²) in [6.45, 7) is 3.14. The molecule has 0 amide bonds. The maximum absolute atomic E-state index is 12.8. The first-order valence-electron chi connectivity index (χ1n) is 11.2. The van der Waals surface area contributed by atoms with E-state index in [4.69, 9.17) is 0 Å². The molecular weight excluding hydrogens is 449 g/mol. The summed E-state index contributed by atoms with van der Waals surface area (Å²) in [5.41, 5.74) is 1.69. The normalized spacial score (nSPS) is 23.0. The SMILES string of the molecule is Cn1cc(-c2nnc(SCCCN3CC[C@]4(C[C@H]4c4ccc(C(F)(F)F)cc4)C3)n2C)cn1. The molecule has 10 heteroatoms. The van der Waals surface area contributed by atoms with Gasteiger partial charge in [-0.15, -0.1) is 10.2 Å². The van der Waals surface area contributed by atoms with Gasteiger partial charge in [0.05, 0.1) is 17.3 Å². The van der Waals surface area contributed by atoms with Gasteiger partial charge < -0.3 is 9.47 Å². The van der Waals surface area contributed by atoms with Crippen LogP contribution in [0.3, 0.4) is 0 Å². The third kappa shape index (κ3) is 4.55. The van der Waals surface area contributed by atoms with Crippen molar-refractivity contribution in [1.82, 2.24) is 29.4 Å². The number of aromatic nitrogens is 5. The maximum atomic E-state index is 12.8. The number of hydrogen-bond donors (Lipinski definition) is 0. The van der Waals surface area contributed by atoms with Gasteiger partial charge in [-0.2, -0.15) is 18.3 Å². The van der Waals surface area contributed by atoms with E-state index in [0.717, 1.165) is 66.8 Å². The van der Waals surface area contributed by atoms with Gasteiger partial charge in [0.25, 0.3) is 0 Å². The Kier molecular flexibility index (Phi) is 5.76. The number of halogens is 3. The van der Waals surface area contributed by atoms with Crippen LogP contribution in [0.1, 0.15) is 36.3 Å². The molecule has 2 fully saturated rings. The van der Waals surface area contributed by atoms with Crippen molar-refractivity contribution in [3.63, 3.8) is 0 Å². The third-order valence-electron chi connectivity index (χ3n) is 6.94. The fourth-order valence-corrected chi connectivity index (χ4v) is 5.86. The summed E-state index contributed by atoms with van der Waals surface area (Å²) in [6.07, 6.45) is 2.71. The molecule has 1 aliphatic carbocycles. The molecule has 0 unspecified atom stereocenters. The summed E-state index contributed by atoms with van der Waals surface area (Å²) in [5, 5.41) is 13.7. The van der Waals surface area contributed by atoms with Gasteiger partial charge in [0.2, 0.25) is 0 Å². The lowest BCUT2D eigenvalue weighted by molar-refractivity contribution is -0.137. The van der Waals surface area contributed by atoms with E-state index in [9.17, 15) is 13.2 Å². The van der Waals surface area contributed by atoms with Crippen LogP contribution in [0.4, 0.5) is 13.2 Å². The second kappa shape index (κ2) is 8.47. The summed E-state index contributed by atoms with van der Waals surface area (Å²) in [7, 11) is 3.86. The third-order valence-corrected chi connectivity index (χ3v) is 8.05. The highest BCUT2D eigenvalue weighted by atomic mass is 32.2. The Morgan fingerprint density at radius 1 is 1.15 bits per heavy atom. The van der Waals surface area contributed by atoms with E-state index in [1.807, 2.05) is 24.9 Å². The molecule has 3 heterocycles. The number of likely N-dealkylation sites (tertiary alicyclic amines) is 1. The van der Waals surface area contributed by atoms with Gasteiger partial charge in [-0.25, -0.2) is 0 Å². The largest absolute Gasteiger partial charge is 0.416 e. The molecule has 1 spiro atoms. The van der Waals surface area contributed by atoms with Crippen molar-refractivity contribution in [1.29, 1.82) is 0 Å². The van der Waals surface area contributed by atoms with Crippen LogP contribution in [0.5, 0.6) is 0 Å². The first kappa shape index (κ1) is 22.5. The Bertz CT molecular complexity index is 1120. The van der Waals surface area contributed by atoms with Gasteiger partial charge in [0.15, 0.2) is 11.0 Å². The average molecular weight is 477 g/mol. The smallest absolute Gasteiger partial charge is 0.305 e. The molecule has 1 aromatic carbocycles. The van der Waals surface area contributed by atoms with E-state index < -0.39 is 11.7 Å². The van der Waals surface area contributed by atoms with Crippen LogP contribution in [0.15, 0.2) is 41.8 Å². The molecule has 1 saturated heterocycles. The van der Waals surface area contributed by atoms with Gasteiger partial charge in [0.1, 0.15) is 0 Å². The van der Waals surface area contributed by atoms with Crippen LogP contribution < -0.4 is 0 Å². The second-order valence-corrected chi connectivity index (χ2v) is 10.3. The van der Waals surface area contributed by atoms with Gasteiger partial charge in [0, 0.05) is 32.6 Å². The Balaban J connectivity index is 1.09. The highest BCUT2D eigenvalue weighted by molar-refractivity contribution is 7.99. The zero-order valence-electron chi connectivity index (χ0n) is 18.7. The van der Waals surface area contributed by atoms with Crippen molar-refractivity contribution < 1.29 is 13.2 Å². The monoisotopic (exact) mass is 476 g/mol. The predicted octanol–water partition coefficient (Wildman–Crippen LogP) is 4.60. The topological polar surface area (TPSA) is 51.8 Å². The number of hydrogen-bond acceptors (Lipinski definition) is 5. The van der Waals surface area contributed by atoms with Crippen LogP contribution in [-0.2, 0) is 20.3 Å². The van der Waals surface area contributed by atoms with Crippen molar-refractivity contribution in [2.45, 2.75) is 36.5 Å². The van der Waals surface area contributed by atoms with E-state index in [-0.39, 0.29) is 5.41 Å². The number of alkyl halides is 3. The standard InChI is InChI=1S/C23H27F3N6S/c1-30-14-17(13-27-30)20-28-29-21(31(20)2)33-11-3-9-32-10-8-22(15-32)12-19(22)16-4-6-18(7-5-16)23(24,25)26/h4-7,13-14,19H,3,8-12,15H2,1-2H3/t19-,22-/m0/s1. The van der Waals surface area contributed by atoms with E-state index in [0.29, 0.717) is 5.92 Å². The number of nitrogens with zero attached hydrogens (tertiary/aromatic N) is 6. The average Bonchev–Trinajstić information content (AvgIpc) is 3.06. The van der Waals surface area contributed by atoms with Crippen LogP contribution in [-0.4, -0.2) is 54.8 Å². The van der Waals surface area contributed by atoms with E-state index in [1.165, 1.54) is 12.1 Å². The Morgan fingerprint density at radius 3 is 2.64 bits per heavy atom. The highest BCUT2D eigenvalue weighted by Crippen LogP contribution is 2.64. The lowest BCUT2D eigenvalue weighted by atomic mass is 9.97.